The van der Waals surface area contributed by atoms with E-state index < -0.39 is 0 Å². The van der Waals surface area contributed by atoms with Crippen LogP contribution in [0.2, 0.25) is 0 Å². The Morgan fingerprint density at radius 1 is 1.04 bits per heavy atom. The van der Waals surface area contributed by atoms with Crippen LogP contribution in [0.25, 0.3) is 0 Å². The monoisotopic (exact) mass is 370 g/mol. The SMILES string of the molecule is COc1ccc(CCc2nccn2Cc2cccc(Br)c2)cc1. The molecule has 0 aliphatic carbocycles. The average Bonchev–Trinajstić information content (AvgIpc) is 3.00. The van der Waals surface area contributed by atoms with Crippen LogP contribution in [-0.4, -0.2) is 16.7 Å². The molecule has 3 nitrogen and oxygen atoms in total. The van der Waals surface area contributed by atoms with Gasteiger partial charge in [-0.2, -0.15) is 0 Å². The molecule has 4 heteroatoms. The molecular weight excluding hydrogens is 352 g/mol. The number of methoxy groups -OCH3 is 1. The van der Waals surface area contributed by atoms with Crippen molar-refractivity contribution in [1.82, 2.24) is 9.55 Å². The van der Waals surface area contributed by atoms with Crippen LogP contribution in [0, 0.1) is 0 Å². The number of aryl methyl sites for hydroxylation is 2. The quantitative estimate of drug-likeness (QED) is 0.639. The van der Waals surface area contributed by atoms with Crippen molar-refractivity contribution < 1.29 is 4.74 Å². The van der Waals surface area contributed by atoms with E-state index in [0.717, 1.165) is 35.4 Å². The predicted molar refractivity (Wildman–Crippen MR) is 95.9 cm³/mol. The molecule has 3 aromatic rings. The lowest BCUT2D eigenvalue weighted by molar-refractivity contribution is 0.414. The van der Waals surface area contributed by atoms with Gasteiger partial charge in [0.25, 0.3) is 0 Å². The van der Waals surface area contributed by atoms with Crippen LogP contribution >= 0.6 is 15.9 Å². The van der Waals surface area contributed by atoms with Crippen molar-refractivity contribution in [3.8, 4) is 5.75 Å². The van der Waals surface area contributed by atoms with E-state index in [9.17, 15) is 0 Å². The summed E-state index contributed by atoms with van der Waals surface area (Å²) in [5.41, 5.74) is 2.56. The first-order valence-corrected chi connectivity index (χ1v) is 8.41. The van der Waals surface area contributed by atoms with E-state index in [4.69, 9.17) is 4.74 Å². The van der Waals surface area contributed by atoms with E-state index in [1.165, 1.54) is 11.1 Å². The van der Waals surface area contributed by atoms with Gasteiger partial charge in [0.15, 0.2) is 0 Å². The fourth-order valence-corrected chi connectivity index (χ4v) is 3.04. The fourth-order valence-electron chi connectivity index (χ4n) is 2.59. The predicted octanol–water partition coefficient (Wildman–Crippen LogP) is 4.49. The topological polar surface area (TPSA) is 27.1 Å². The Kier molecular flexibility index (Phi) is 5.13. The summed E-state index contributed by atoms with van der Waals surface area (Å²) in [6, 6.07) is 16.6. The number of benzene rings is 2. The van der Waals surface area contributed by atoms with E-state index in [2.05, 4.69) is 55.8 Å². The summed E-state index contributed by atoms with van der Waals surface area (Å²) in [7, 11) is 1.69. The minimum atomic E-state index is 0.845. The third kappa shape index (κ3) is 4.23. The molecule has 3 rings (SSSR count). The fraction of sp³-hybridized carbons (Fsp3) is 0.211. The summed E-state index contributed by atoms with van der Waals surface area (Å²) in [4.78, 5) is 4.51. The van der Waals surface area contributed by atoms with Crippen molar-refractivity contribution in [3.63, 3.8) is 0 Å². The third-order valence-electron chi connectivity index (χ3n) is 3.84. The molecule has 0 N–H and O–H groups in total. The first kappa shape index (κ1) is 15.8. The second-order valence-corrected chi connectivity index (χ2v) is 6.37. The number of hydrogen-bond acceptors (Lipinski definition) is 2. The maximum atomic E-state index is 5.19. The molecule has 0 unspecified atom stereocenters. The van der Waals surface area contributed by atoms with Gasteiger partial charge in [-0.25, -0.2) is 4.98 Å². The zero-order chi connectivity index (χ0) is 16.1. The van der Waals surface area contributed by atoms with Crippen LogP contribution in [0.3, 0.4) is 0 Å². The molecule has 0 fully saturated rings. The summed E-state index contributed by atoms with van der Waals surface area (Å²) in [5, 5.41) is 0. The Bertz CT molecular complexity index is 765. The van der Waals surface area contributed by atoms with Crippen LogP contribution in [0.4, 0.5) is 0 Å². The summed E-state index contributed by atoms with van der Waals surface area (Å²) in [5.74, 6) is 2.01. The average molecular weight is 371 g/mol. The van der Waals surface area contributed by atoms with Crippen molar-refractivity contribution in [1.29, 1.82) is 0 Å². The van der Waals surface area contributed by atoms with Gasteiger partial charge in [0.05, 0.1) is 7.11 Å². The molecule has 0 radical (unpaired) electrons. The van der Waals surface area contributed by atoms with E-state index in [-0.39, 0.29) is 0 Å². The van der Waals surface area contributed by atoms with E-state index in [0.29, 0.717) is 0 Å². The number of imidazole rings is 1. The van der Waals surface area contributed by atoms with Crippen molar-refractivity contribution in [3.05, 3.63) is 82.3 Å². The van der Waals surface area contributed by atoms with Gasteiger partial charge < -0.3 is 9.30 Å². The number of ether oxygens (including phenoxy) is 1. The number of nitrogens with zero attached hydrogens (tertiary/aromatic N) is 2. The van der Waals surface area contributed by atoms with Crippen LogP contribution in [0.1, 0.15) is 17.0 Å². The van der Waals surface area contributed by atoms with E-state index in [1.807, 2.05) is 30.6 Å². The number of halogens is 1. The molecule has 0 spiro atoms. The maximum absolute atomic E-state index is 5.19. The molecule has 0 amide bonds. The molecule has 0 aliphatic rings. The minimum Gasteiger partial charge on any atom is -0.497 e. The van der Waals surface area contributed by atoms with Gasteiger partial charge in [0.1, 0.15) is 11.6 Å². The van der Waals surface area contributed by atoms with Gasteiger partial charge in [-0.15, -0.1) is 0 Å². The van der Waals surface area contributed by atoms with E-state index in [1.54, 1.807) is 7.11 Å². The van der Waals surface area contributed by atoms with Gasteiger partial charge in [0, 0.05) is 29.8 Å². The molecule has 0 saturated carbocycles. The number of hydrogen-bond donors (Lipinski definition) is 0. The molecule has 118 valence electrons. The Morgan fingerprint density at radius 2 is 1.87 bits per heavy atom. The van der Waals surface area contributed by atoms with Crippen LogP contribution in [-0.2, 0) is 19.4 Å². The first-order chi connectivity index (χ1) is 11.2. The maximum Gasteiger partial charge on any atom is 0.118 e. The standard InChI is InChI=1S/C19H19BrN2O/c1-23-18-8-5-15(6-9-18)7-10-19-21-11-12-22(19)14-16-3-2-4-17(20)13-16/h2-6,8-9,11-13H,7,10,14H2,1H3. The lowest BCUT2D eigenvalue weighted by atomic mass is 10.1. The molecule has 0 aliphatic heterocycles. The normalized spacial score (nSPS) is 10.7. The van der Waals surface area contributed by atoms with Gasteiger partial charge in [-0.3, -0.25) is 0 Å². The number of aromatic nitrogens is 2. The van der Waals surface area contributed by atoms with Gasteiger partial charge >= 0.3 is 0 Å². The lowest BCUT2D eigenvalue weighted by Crippen LogP contribution is -2.06. The van der Waals surface area contributed by atoms with Gasteiger partial charge in [0.2, 0.25) is 0 Å². The first-order valence-electron chi connectivity index (χ1n) is 7.62. The van der Waals surface area contributed by atoms with Crippen molar-refractivity contribution in [2.45, 2.75) is 19.4 Å². The third-order valence-corrected chi connectivity index (χ3v) is 4.33. The van der Waals surface area contributed by atoms with Crippen LogP contribution in [0.5, 0.6) is 5.75 Å². The highest BCUT2D eigenvalue weighted by molar-refractivity contribution is 9.10. The number of rotatable bonds is 6. The Hall–Kier alpha value is -2.07. The van der Waals surface area contributed by atoms with Gasteiger partial charge in [-0.1, -0.05) is 40.2 Å². The second kappa shape index (κ2) is 7.47. The Balaban J connectivity index is 1.66. The largest absolute Gasteiger partial charge is 0.497 e. The molecular formula is C19H19BrN2O. The molecule has 2 aromatic carbocycles. The molecule has 1 aromatic heterocycles. The molecule has 0 bridgehead atoms. The van der Waals surface area contributed by atoms with E-state index >= 15 is 0 Å². The molecule has 0 atom stereocenters. The summed E-state index contributed by atoms with van der Waals surface area (Å²) in [6.45, 7) is 0.845. The molecule has 23 heavy (non-hydrogen) atoms. The lowest BCUT2D eigenvalue weighted by Gasteiger charge is -2.09. The Labute approximate surface area is 145 Å². The van der Waals surface area contributed by atoms with Crippen LogP contribution < -0.4 is 4.74 Å². The van der Waals surface area contributed by atoms with Crippen LogP contribution in [0.15, 0.2) is 65.4 Å². The highest BCUT2D eigenvalue weighted by atomic mass is 79.9. The summed E-state index contributed by atoms with van der Waals surface area (Å²) < 4.78 is 8.51. The highest BCUT2D eigenvalue weighted by Gasteiger charge is 2.05. The van der Waals surface area contributed by atoms with Crippen molar-refractivity contribution in [2.75, 3.05) is 7.11 Å². The zero-order valence-corrected chi connectivity index (χ0v) is 14.7. The highest BCUT2D eigenvalue weighted by Crippen LogP contribution is 2.15. The van der Waals surface area contributed by atoms with Crippen molar-refractivity contribution in [2.24, 2.45) is 0 Å². The van der Waals surface area contributed by atoms with Crippen molar-refractivity contribution >= 4 is 15.9 Å². The minimum absolute atomic E-state index is 0.845. The molecule has 0 saturated heterocycles. The zero-order valence-electron chi connectivity index (χ0n) is 13.1. The Morgan fingerprint density at radius 3 is 2.61 bits per heavy atom. The second-order valence-electron chi connectivity index (χ2n) is 5.45. The smallest absolute Gasteiger partial charge is 0.118 e. The summed E-state index contributed by atoms with van der Waals surface area (Å²) in [6.07, 6.45) is 5.82. The molecule has 1 heterocycles. The summed E-state index contributed by atoms with van der Waals surface area (Å²) >= 11 is 3.52. The van der Waals surface area contributed by atoms with Gasteiger partial charge in [-0.05, 0) is 41.8 Å².